The van der Waals surface area contributed by atoms with Gasteiger partial charge in [-0.05, 0) is 30.7 Å². The third kappa shape index (κ3) is 2.46. The maximum Gasteiger partial charge on any atom is 0.290 e. The molecule has 1 unspecified atom stereocenters. The molecule has 4 heteroatoms. The average Bonchev–Trinajstić information content (AvgIpc) is 2.72. The molecule has 0 fully saturated rings. The Kier molecular flexibility index (Phi) is 3.42. The molecule has 1 aromatic rings. The number of aliphatic imine (C=N–C) groups is 1. The average molecular weight is 233 g/mol. The molecule has 1 atom stereocenters. The van der Waals surface area contributed by atoms with Crippen LogP contribution in [0.15, 0.2) is 29.3 Å². The predicted molar refractivity (Wildman–Crippen MR) is 64.3 cm³/mol. The summed E-state index contributed by atoms with van der Waals surface area (Å²) in [6, 6.07) is 7.30. The number of benzene rings is 1. The fraction of sp³-hybridized carbons (Fsp3) is 0.385. The zero-order valence-corrected chi connectivity index (χ0v) is 9.97. The van der Waals surface area contributed by atoms with Crippen LogP contribution >= 0.6 is 0 Å². The summed E-state index contributed by atoms with van der Waals surface area (Å²) >= 11 is 0. The molecule has 0 radical (unpaired) electrons. The van der Waals surface area contributed by atoms with Crippen LogP contribution < -0.4 is 4.74 Å². The van der Waals surface area contributed by atoms with Crippen molar-refractivity contribution in [2.45, 2.75) is 25.9 Å². The molecule has 90 valence electrons. The van der Waals surface area contributed by atoms with Crippen LogP contribution in [-0.4, -0.2) is 25.0 Å². The van der Waals surface area contributed by atoms with E-state index in [1.807, 2.05) is 31.2 Å². The van der Waals surface area contributed by atoms with Crippen molar-refractivity contribution in [3.63, 3.8) is 0 Å². The van der Waals surface area contributed by atoms with Crippen molar-refractivity contribution in [2.75, 3.05) is 7.11 Å². The molecule has 0 aromatic heterocycles. The summed E-state index contributed by atoms with van der Waals surface area (Å²) in [5, 5.41) is 0. The van der Waals surface area contributed by atoms with Gasteiger partial charge in [0.05, 0.1) is 7.11 Å². The smallest absolute Gasteiger partial charge is 0.290 e. The summed E-state index contributed by atoms with van der Waals surface area (Å²) in [7, 11) is 1.61. The first-order valence-electron chi connectivity index (χ1n) is 5.68. The van der Waals surface area contributed by atoms with Crippen LogP contribution in [0.3, 0.4) is 0 Å². The number of rotatable bonds is 4. The van der Waals surface area contributed by atoms with E-state index in [9.17, 15) is 4.79 Å². The Morgan fingerprint density at radius 3 is 2.65 bits per heavy atom. The number of nitrogens with zero attached hydrogens (tertiary/aromatic N) is 1. The van der Waals surface area contributed by atoms with Crippen molar-refractivity contribution in [2.24, 2.45) is 4.99 Å². The molecule has 0 aliphatic carbocycles. The van der Waals surface area contributed by atoms with E-state index in [1.165, 1.54) is 0 Å². The lowest BCUT2D eigenvalue weighted by molar-refractivity contribution is -0.122. The second kappa shape index (κ2) is 4.99. The van der Waals surface area contributed by atoms with Gasteiger partial charge in [-0.25, -0.2) is 0 Å². The van der Waals surface area contributed by atoms with E-state index in [0.717, 1.165) is 17.7 Å². The first-order chi connectivity index (χ1) is 8.24. The molecule has 0 saturated heterocycles. The molecule has 4 nitrogen and oxygen atoms in total. The lowest BCUT2D eigenvalue weighted by Gasteiger charge is -2.08. The number of hydrogen-bond acceptors (Lipinski definition) is 3. The minimum Gasteiger partial charge on any atom is -0.497 e. The van der Waals surface area contributed by atoms with Gasteiger partial charge in [-0.3, -0.25) is 4.79 Å². The highest BCUT2D eigenvalue weighted by Gasteiger charge is 2.28. The van der Waals surface area contributed by atoms with Crippen LogP contribution in [0.1, 0.15) is 25.3 Å². The van der Waals surface area contributed by atoms with E-state index < -0.39 is 6.10 Å². The Balaban J connectivity index is 2.13. The van der Waals surface area contributed by atoms with Gasteiger partial charge < -0.3 is 9.47 Å². The van der Waals surface area contributed by atoms with Gasteiger partial charge in [0.2, 0.25) is 5.90 Å². The first-order valence-corrected chi connectivity index (χ1v) is 5.68. The summed E-state index contributed by atoms with van der Waals surface area (Å²) in [5.41, 5.74) is 0.803. The number of carbonyl (C=O) groups excluding carboxylic acids is 1. The molecule has 0 bridgehead atoms. The summed E-state index contributed by atoms with van der Waals surface area (Å²) < 4.78 is 10.6. The van der Waals surface area contributed by atoms with Crippen LogP contribution in [0, 0.1) is 0 Å². The van der Waals surface area contributed by atoms with Crippen LogP contribution in [-0.2, 0) is 9.53 Å². The van der Waals surface area contributed by atoms with Crippen molar-refractivity contribution in [1.29, 1.82) is 0 Å². The molecule has 17 heavy (non-hydrogen) atoms. The molecule has 0 N–H and O–H groups in total. The number of methoxy groups -OCH3 is 1. The van der Waals surface area contributed by atoms with Gasteiger partial charge in [0, 0.05) is 5.56 Å². The molecule has 1 amide bonds. The Bertz CT molecular complexity index is 436. The summed E-state index contributed by atoms with van der Waals surface area (Å²) in [6.45, 7) is 2.02. The Morgan fingerprint density at radius 2 is 2.06 bits per heavy atom. The number of hydrogen-bond donors (Lipinski definition) is 0. The summed E-state index contributed by atoms with van der Waals surface area (Å²) in [6.07, 6.45) is 1.21. The summed E-state index contributed by atoms with van der Waals surface area (Å²) in [5.74, 6) is 0.998. The van der Waals surface area contributed by atoms with Crippen LogP contribution in [0.2, 0.25) is 0 Å². The van der Waals surface area contributed by atoms with Crippen molar-refractivity contribution < 1.29 is 14.3 Å². The molecule has 1 aromatic carbocycles. The van der Waals surface area contributed by atoms with Gasteiger partial charge in [0.25, 0.3) is 5.91 Å². The number of ether oxygens (including phenoxy) is 2. The largest absolute Gasteiger partial charge is 0.497 e. The lowest BCUT2D eigenvalue weighted by atomic mass is 10.2. The fourth-order valence-corrected chi connectivity index (χ4v) is 1.69. The fourth-order valence-electron chi connectivity index (χ4n) is 1.69. The highest BCUT2D eigenvalue weighted by Crippen LogP contribution is 2.19. The van der Waals surface area contributed by atoms with E-state index in [-0.39, 0.29) is 5.91 Å². The second-order valence-electron chi connectivity index (χ2n) is 3.88. The standard InChI is InChI=1S/C13H15NO3/c1-3-4-11-12(15)14-13(17-11)9-5-7-10(16-2)8-6-9/h5-8,11H,3-4H2,1-2H3. The van der Waals surface area contributed by atoms with E-state index in [1.54, 1.807) is 7.11 Å². The molecule has 2 rings (SSSR count). The van der Waals surface area contributed by atoms with Crippen molar-refractivity contribution in [3.8, 4) is 5.75 Å². The van der Waals surface area contributed by atoms with E-state index in [2.05, 4.69) is 4.99 Å². The van der Waals surface area contributed by atoms with E-state index in [0.29, 0.717) is 12.3 Å². The molecular formula is C13H15NO3. The Morgan fingerprint density at radius 1 is 1.35 bits per heavy atom. The minimum atomic E-state index is -0.405. The van der Waals surface area contributed by atoms with Gasteiger partial charge in [-0.1, -0.05) is 13.3 Å². The van der Waals surface area contributed by atoms with Gasteiger partial charge >= 0.3 is 0 Å². The number of amides is 1. The maximum absolute atomic E-state index is 11.5. The maximum atomic E-state index is 11.5. The van der Waals surface area contributed by atoms with Gasteiger partial charge in [0.1, 0.15) is 5.75 Å². The minimum absolute atomic E-state index is 0.183. The third-order valence-corrected chi connectivity index (χ3v) is 2.63. The molecule has 1 heterocycles. The third-order valence-electron chi connectivity index (χ3n) is 2.63. The monoisotopic (exact) mass is 233 g/mol. The van der Waals surface area contributed by atoms with Crippen molar-refractivity contribution in [3.05, 3.63) is 29.8 Å². The number of carbonyl (C=O) groups is 1. The first kappa shape index (κ1) is 11.6. The van der Waals surface area contributed by atoms with Gasteiger partial charge in [-0.2, -0.15) is 4.99 Å². The van der Waals surface area contributed by atoms with Gasteiger partial charge in [0.15, 0.2) is 6.10 Å². The zero-order chi connectivity index (χ0) is 12.3. The topological polar surface area (TPSA) is 47.9 Å². The van der Waals surface area contributed by atoms with Crippen molar-refractivity contribution >= 4 is 11.8 Å². The molecule has 0 saturated carbocycles. The zero-order valence-electron chi connectivity index (χ0n) is 9.97. The van der Waals surface area contributed by atoms with Crippen LogP contribution in [0.25, 0.3) is 0 Å². The molecule has 0 spiro atoms. The summed E-state index contributed by atoms with van der Waals surface area (Å²) in [4.78, 5) is 15.5. The van der Waals surface area contributed by atoms with Crippen LogP contribution in [0.5, 0.6) is 5.75 Å². The predicted octanol–water partition coefficient (Wildman–Crippen LogP) is 2.17. The molecule has 1 aliphatic rings. The van der Waals surface area contributed by atoms with Crippen LogP contribution in [0.4, 0.5) is 0 Å². The Hall–Kier alpha value is -1.84. The molecule has 1 aliphatic heterocycles. The highest BCUT2D eigenvalue weighted by molar-refractivity contribution is 6.07. The highest BCUT2D eigenvalue weighted by atomic mass is 16.5. The van der Waals surface area contributed by atoms with Gasteiger partial charge in [-0.15, -0.1) is 0 Å². The Labute approximate surface area is 100 Å². The normalized spacial score (nSPS) is 18.8. The van der Waals surface area contributed by atoms with E-state index >= 15 is 0 Å². The lowest BCUT2D eigenvalue weighted by Crippen LogP contribution is -2.17. The molecular weight excluding hydrogens is 218 g/mol. The van der Waals surface area contributed by atoms with Crippen molar-refractivity contribution in [1.82, 2.24) is 0 Å². The second-order valence-corrected chi connectivity index (χ2v) is 3.88. The SMILES string of the molecule is CCCC1OC(c2ccc(OC)cc2)=NC1=O. The van der Waals surface area contributed by atoms with E-state index in [4.69, 9.17) is 9.47 Å². The quantitative estimate of drug-likeness (QED) is 0.800.